The highest BCUT2D eigenvalue weighted by molar-refractivity contribution is 6.32. The van der Waals surface area contributed by atoms with E-state index in [-0.39, 0.29) is 6.10 Å². The lowest BCUT2D eigenvalue weighted by atomic mass is 10.1. The molecular formula is C21H31ClN4O. The van der Waals surface area contributed by atoms with Crippen molar-refractivity contribution < 1.29 is 4.74 Å². The summed E-state index contributed by atoms with van der Waals surface area (Å²) < 4.78 is 5.95. The second-order valence-corrected chi connectivity index (χ2v) is 7.97. The summed E-state index contributed by atoms with van der Waals surface area (Å²) in [5.41, 5.74) is 0. The van der Waals surface area contributed by atoms with Crippen molar-refractivity contribution in [1.82, 2.24) is 14.8 Å². The molecule has 0 aliphatic carbocycles. The van der Waals surface area contributed by atoms with Crippen molar-refractivity contribution in [2.75, 3.05) is 57.3 Å². The molecule has 0 spiro atoms. The molecule has 1 aromatic heterocycles. The molecular weight excluding hydrogens is 360 g/mol. The summed E-state index contributed by atoms with van der Waals surface area (Å²) in [6, 6.07) is 4.40. The molecule has 27 heavy (non-hydrogen) atoms. The number of hydrogen-bond acceptors (Lipinski definition) is 5. The van der Waals surface area contributed by atoms with E-state index in [2.05, 4.69) is 45.4 Å². The fraction of sp³-hybridized carbons (Fsp3) is 0.667. The molecule has 3 rings (SSSR count). The van der Waals surface area contributed by atoms with Crippen LogP contribution in [0.3, 0.4) is 0 Å². The van der Waals surface area contributed by atoms with Gasteiger partial charge in [-0.3, -0.25) is 9.80 Å². The van der Waals surface area contributed by atoms with Crippen LogP contribution in [0.25, 0.3) is 0 Å². The van der Waals surface area contributed by atoms with Crippen LogP contribution in [0.2, 0.25) is 5.02 Å². The Morgan fingerprint density at radius 3 is 2.56 bits per heavy atom. The maximum atomic E-state index is 6.24. The summed E-state index contributed by atoms with van der Waals surface area (Å²) in [5.74, 6) is 7.35. The predicted octanol–water partition coefficient (Wildman–Crippen LogP) is 2.75. The smallest absolute Gasteiger partial charge is 0.147 e. The summed E-state index contributed by atoms with van der Waals surface area (Å²) in [6.45, 7) is 12.3. The van der Waals surface area contributed by atoms with Crippen molar-refractivity contribution in [3.05, 3.63) is 23.4 Å². The molecule has 2 fully saturated rings. The first-order valence-corrected chi connectivity index (χ1v) is 10.4. The van der Waals surface area contributed by atoms with Gasteiger partial charge in [-0.1, -0.05) is 23.4 Å². The first-order chi connectivity index (χ1) is 13.1. The third kappa shape index (κ3) is 6.08. The molecule has 0 radical (unpaired) electrons. The third-order valence-corrected chi connectivity index (χ3v) is 5.73. The van der Waals surface area contributed by atoms with Crippen LogP contribution in [0.5, 0.6) is 0 Å². The molecule has 2 aliphatic heterocycles. The van der Waals surface area contributed by atoms with Gasteiger partial charge in [0.2, 0.25) is 0 Å². The number of rotatable bonds is 5. The highest BCUT2D eigenvalue weighted by atomic mass is 35.5. The van der Waals surface area contributed by atoms with Crippen LogP contribution >= 0.6 is 11.6 Å². The Balaban J connectivity index is 1.31. The molecule has 148 valence electrons. The topological polar surface area (TPSA) is 31.8 Å². The quantitative estimate of drug-likeness (QED) is 0.722. The second kappa shape index (κ2) is 10.3. The first-order valence-electron chi connectivity index (χ1n) is 10.0. The zero-order chi connectivity index (χ0) is 19.1. The normalized spacial score (nSPS) is 19.9. The number of nitrogens with zero attached hydrogens (tertiary/aromatic N) is 4. The molecule has 5 nitrogen and oxygen atoms in total. The van der Waals surface area contributed by atoms with Gasteiger partial charge in [0.05, 0.1) is 17.7 Å². The van der Waals surface area contributed by atoms with Crippen LogP contribution in [-0.2, 0) is 4.74 Å². The summed E-state index contributed by atoms with van der Waals surface area (Å²) in [4.78, 5) is 11.6. The van der Waals surface area contributed by atoms with E-state index in [1.54, 1.807) is 6.20 Å². The van der Waals surface area contributed by atoms with Gasteiger partial charge < -0.3 is 9.64 Å². The Morgan fingerprint density at radius 1 is 1.15 bits per heavy atom. The Kier molecular flexibility index (Phi) is 7.78. The number of piperazine rings is 1. The number of anilines is 1. The van der Waals surface area contributed by atoms with E-state index in [1.807, 2.05) is 12.1 Å². The standard InChI is InChI=1S/C21H31ClN4O/c1-18(2)25-15-13-24(14-16-25)10-3-4-17-27-19-7-11-26(12-8-19)21-20(22)6-5-9-23-21/h5-6,9,18-19H,7-8,10-17H2,1-2H3. The molecule has 2 aliphatic rings. The first kappa shape index (κ1) is 20.4. The van der Waals surface area contributed by atoms with E-state index >= 15 is 0 Å². The maximum Gasteiger partial charge on any atom is 0.147 e. The van der Waals surface area contributed by atoms with Gasteiger partial charge in [0.15, 0.2) is 0 Å². The van der Waals surface area contributed by atoms with Gasteiger partial charge in [-0.2, -0.15) is 0 Å². The van der Waals surface area contributed by atoms with Gasteiger partial charge in [0, 0.05) is 51.5 Å². The molecule has 0 bridgehead atoms. The Morgan fingerprint density at radius 2 is 1.89 bits per heavy atom. The fourth-order valence-corrected chi connectivity index (χ4v) is 3.90. The SMILES string of the molecule is CC(C)N1CCN(CC#CCOC2CCN(c3ncccc3Cl)CC2)CC1. The lowest BCUT2D eigenvalue weighted by Gasteiger charge is -2.36. The third-order valence-electron chi connectivity index (χ3n) is 5.44. The molecule has 0 atom stereocenters. The van der Waals surface area contributed by atoms with E-state index in [4.69, 9.17) is 16.3 Å². The number of ether oxygens (including phenoxy) is 1. The number of aromatic nitrogens is 1. The molecule has 0 N–H and O–H groups in total. The molecule has 3 heterocycles. The zero-order valence-electron chi connectivity index (χ0n) is 16.5. The van der Waals surface area contributed by atoms with Crippen molar-refractivity contribution in [1.29, 1.82) is 0 Å². The van der Waals surface area contributed by atoms with Crippen molar-refractivity contribution in [3.63, 3.8) is 0 Å². The average Bonchev–Trinajstić information content (AvgIpc) is 2.69. The van der Waals surface area contributed by atoms with Crippen molar-refractivity contribution in [2.45, 2.75) is 38.8 Å². The van der Waals surface area contributed by atoms with E-state index < -0.39 is 0 Å². The van der Waals surface area contributed by atoms with Gasteiger partial charge in [-0.25, -0.2) is 4.98 Å². The fourth-order valence-electron chi connectivity index (χ4n) is 3.66. The van der Waals surface area contributed by atoms with Crippen LogP contribution in [0.4, 0.5) is 5.82 Å². The van der Waals surface area contributed by atoms with E-state index in [0.717, 1.165) is 69.5 Å². The molecule has 0 aromatic carbocycles. The maximum absolute atomic E-state index is 6.24. The van der Waals surface area contributed by atoms with Gasteiger partial charge in [0.1, 0.15) is 12.4 Å². The minimum absolute atomic E-state index is 0.285. The van der Waals surface area contributed by atoms with Crippen LogP contribution in [-0.4, -0.2) is 79.3 Å². The Hall–Kier alpha value is -1.32. The van der Waals surface area contributed by atoms with E-state index in [1.165, 1.54) is 0 Å². The zero-order valence-corrected chi connectivity index (χ0v) is 17.3. The van der Waals surface area contributed by atoms with E-state index in [0.29, 0.717) is 12.6 Å². The summed E-state index contributed by atoms with van der Waals surface area (Å²) >= 11 is 6.24. The predicted molar refractivity (Wildman–Crippen MR) is 111 cm³/mol. The van der Waals surface area contributed by atoms with Crippen molar-refractivity contribution in [3.8, 4) is 11.8 Å². The molecule has 6 heteroatoms. The summed E-state index contributed by atoms with van der Waals surface area (Å²) in [6.07, 6.45) is 4.06. The van der Waals surface area contributed by atoms with Crippen molar-refractivity contribution >= 4 is 17.4 Å². The second-order valence-electron chi connectivity index (χ2n) is 7.57. The van der Waals surface area contributed by atoms with Gasteiger partial charge in [-0.05, 0) is 38.8 Å². The Labute approximate surface area is 168 Å². The number of piperidine rings is 1. The van der Waals surface area contributed by atoms with Crippen LogP contribution < -0.4 is 4.90 Å². The molecule has 0 unspecified atom stereocenters. The molecule has 0 amide bonds. The van der Waals surface area contributed by atoms with Crippen LogP contribution in [0.1, 0.15) is 26.7 Å². The lowest BCUT2D eigenvalue weighted by Crippen LogP contribution is -2.48. The van der Waals surface area contributed by atoms with Gasteiger partial charge in [-0.15, -0.1) is 0 Å². The molecule has 0 saturated carbocycles. The molecule has 1 aromatic rings. The highest BCUT2D eigenvalue weighted by Gasteiger charge is 2.21. The van der Waals surface area contributed by atoms with Gasteiger partial charge >= 0.3 is 0 Å². The number of halogens is 1. The minimum atomic E-state index is 0.285. The molecule has 2 saturated heterocycles. The van der Waals surface area contributed by atoms with Crippen LogP contribution in [0.15, 0.2) is 18.3 Å². The Bertz CT molecular complexity index is 641. The summed E-state index contributed by atoms with van der Waals surface area (Å²) in [5, 5.41) is 0.719. The van der Waals surface area contributed by atoms with E-state index in [9.17, 15) is 0 Å². The number of hydrogen-bond donors (Lipinski definition) is 0. The largest absolute Gasteiger partial charge is 0.365 e. The van der Waals surface area contributed by atoms with Crippen LogP contribution in [0, 0.1) is 11.8 Å². The monoisotopic (exact) mass is 390 g/mol. The average molecular weight is 391 g/mol. The lowest BCUT2D eigenvalue weighted by molar-refractivity contribution is 0.0593. The number of pyridine rings is 1. The minimum Gasteiger partial charge on any atom is -0.365 e. The highest BCUT2D eigenvalue weighted by Crippen LogP contribution is 2.26. The van der Waals surface area contributed by atoms with Crippen molar-refractivity contribution in [2.24, 2.45) is 0 Å². The van der Waals surface area contributed by atoms with Gasteiger partial charge in [0.25, 0.3) is 0 Å². The summed E-state index contributed by atoms with van der Waals surface area (Å²) in [7, 11) is 0.